The summed E-state index contributed by atoms with van der Waals surface area (Å²) in [6.45, 7) is 7.07. The van der Waals surface area contributed by atoms with Crippen LogP contribution in [0.3, 0.4) is 0 Å². The molecule has 1 N–H and O–H groups in total. The first-order valence-corrected chi connectivity index (χ1v) is 5.71. The maximum absolute atomic E-state index is 12.2. The highest BCUT2D eigenvalue weighted by Gasteiger charge is 2.50. The molecule has 0 bridgehead atoms. The second-order valence-corrected chi connectivity index (χ2v) is 4.69. The molecular weight excluding hydrogens is 176 g/mol. The van der Waals surface area contributed by atoms with E-state index in [1.54, 1.807) is 0 Å². The van der Waals surface area contributed by atoms with Crippen molar-refractivity contribution in [2.24, 2.45) is 5.41 Å². The van der Waals surface area contributed by atoms with Crippen LogP contribution in [0.25, 0.3) is 0 Å². The van der Waals surface area contributed by atoms with Gasteiger partial charge in [0.05, 0.1) is 0 Å². The molecule has 0 aromatic heterocycles. The van der Waals surface area contributed by atoms with Gasteiger partial charge in [-0.15, -0.1) is 0 Å². The zero-order valence-corrected chi connectivity index (χ0v) is 9.18. The fourth-order valence-electron chi connectivity index (χ4n) is 2.32. The Morgan fingerprint density at radius 1 is 1.57 bits per heavy atom. The number of nitrogens with zero attached hydrogens (tertiary/aromatic N) is 1. The number of hydrogen-bond acceptors (Lipinski definition) is 2. The highest BCUT2D eigenvalue weighted by Crippen LogP contribution is 2.50. The zero-order chi connectivity index (χ0) is 10.2. The van der Waals surface area contributed by atoms with Gasteiger partial charge in [0.1, 0.15) is 0 Å². The fourth-order valence-corrected chi connectivity index (χ4v) is 2.32. The average Bonchev–Trinajstić information content (AvgIpc) is 2.98. The molecule has 0 radical (unpaired) electrons. The SMILES string of the molecule is CCC1(C(=O)N2CCNCC2C)CC1. The van der Waals surface area contributed by atoms with Crippen LogP contribution < -0.4 is 5.32 Å². The summed E-state index contributed by atoms with van der Waals surface area (Å²) in [7, 11) is 0. The molecule has 0 aromatic carbocycles. The molecule has 1 aliphatic heterocycles. The molecule has 1 unspecified atom stereocenters. The van der Waals surface area contributed by atoms with Crippen LogP contribution in [0.4, 0.5) is 0 Å². The number of carbonyl (C=O) groups excluding carboxylic acids is 1. The molecule has 3 nitrogen and oxygen atoms in total. The monoisotopic (exact) mass is 196 g/mol. The van der Waals surface area contributed by atoms with Crippen LogP contribution in [0.5, 0.6) is 0 Å². The summed E-state index contributed by atoms with van der Waals surface area (Å²) in [5.74, 6) is 0.411. The molecule has 1 amide bonds. The molecule has 3 heteroatoms. The molecule has 14 heavy (non-hydrogen) atoms. The van der Waals surface area contributed by atoms with Gasteiger partial charge in [0.15, 0.2) is 0 Å². The molecule has 80 valence electrons. The maximum atomic E-state index is 12.2. The van der Waals surface area contributed by atoms with Gasteiger partial charge in [-0.05, 0) is 26.2 Å². The Morgan fingerprint density at radius 3 is 2.79 bits per heavy atom. The van der Waals surface area contributed by atoms with Crippen molar-refractivity contribution in [1.29, 1.82) is 0 Å². The van der Waals surface area contributed by atoms with Crippen molar-refractivity contribution in [3.8, 4) is 0 Å². The summed E-state index contributed by atoms with van der Waals surface area (Å²) in [5.41, 5.74) is 0.0472. The Balaban J connectivity index is 2.03. The van der Waals surface area contributed by atoms with Gasteiger partial charge in [0, 0.05) is 31.1 Å². The molecule has 2 fully saturated rings. The Hall–Kier alpha value is -0.570. The van der Waals surface area contributed by atoms with Crippen LogP contribution >= 0.6 is 0 Å². The van der Waals surface area contributed by atoms with Crippen LogP contribution in [0.1, 0.15) is 33.1 Å². The Labute approximate surface area is 85.8 Å². The van der Waals surface area contributed by atoms with E-state index in [1.165, 1.54) is 0 Å². The molecule has 1 atom stereocenters. The molecule has 1 aliphatic carbocycles. The number of carbonyl (C=O) groups is 1. The van der Waals surface area contributed by atoms with Gasteiger partial charge in [0.2, 0.25) is 5.91 Å². The molecular formula is C11H20N2O. The highest BCUT2D eigenvalue weighted by molar-refractivity contribution is 5.85. The van der Waals surface area contributed by atoms with Crippen LogP contribution in [0, 0.1) is 5.41 Å². The predicted molar refractivity (Wildman–Crippen MR) is 56.0 cm³/mol. The first-order valence-electron chi connectivity index (χ1n) is 5.71. The van der Waals surface area contributed by atoms with E-state index in [0.29, 0.717) is 11.9 Å². The van der Waals surface area contributed by atoms with Crippen LogP contribution in [-0.4, -0.2) is 36.5 Å². The standard InChI is InChI=1S/C11H20N2O/c1-3-11(4-5-11)10(14)13-7-6-12-8-9(13)2/h9,12H,3-8H2,1-2H3. The lowest BCUT2D eigenvalue weighted by Crippen LogP contribution is -2.54. The first kappa shape index (κ1) is 9.97. The van der Waals surface area contributed by atoms with E-state index < -0.39 is 0 Å². The van der Waals surface area contributed by atoms with Gasteiger partial charge in [-0.25, -0.2) is 0 Å². The minimum absolute atomic E-state index is 0.0472. The third-order valence-corrected chi connectivity index (χ3v) is 3.75. The van der Waals surface area contributed by atoms with Gasteiger partial charge in [-0.1, -0.05) is 6.92 Å². The number of hydrogen-bond donors (Lipinski definition) is 1. The normalized spacial score (nSPS) is 30.1. The fraction of sp³-hybridized carbons (Fsp3) is 0.909. The number of rotatable bonds is 2. The van der Waals surface area contributed by atoms with Crippen LogP contribution in [0.2, 0.25) is 0 Å². The summed E-state index contributed by atoms with van der Waals surface area (Å²) in [6.07, 6.45) is 3.24. The zero-order valence-electron chi connectivity index (χ0n) is 9.18. The summed E-state index contributed by atoms with van der Waals surface area (Å²) in [4.78, 5) is 14.3. The first-order chi connectivity index (χ1) is 6.69. The van der Waals surface area contributed by atoms with E-state index in [1.807, 2.05) is 0 Å². The largest absolute Gasteiger partial charge is 0.337 e. The third kappa shape index (κ3) is 1.54. The van der Waals surface area contributed by atoms with Gasteiger partial charge in [-0.2, -0.15) is 0 Å². The summed E-state index contributed by atoms with van der Waals surface area (Å²) >= 11 is 0. The summed E-state index contributed by atoms with van der Waals surface area (Å²) in [5, 5.41) is 3.32. The lowest BCUT2D eigenvalue weighted by Gasteiger charge is -2.36. The van der Waals surface area contributed by atoms with Crippen molar-refractivity contribution in [3.63, 3.8) is 0 Å². The van der Waals surface area contributed by atoms with E-state index in [2.05, 4.69) is 24.1 Å². The smallest absolute Gasteiger partial charge is 0.229 e. The highest BCUT2D eigenvalue weighted by atomic mass is 16.2. The molecule has 1 heterocycles. The lowest BCUT2D eigenvalue weighted by molar-refractivity contribution is -0.140. The summed E-state index contributed by atoms with van der Waals surface area (Å²) in [6, 6.07) is 0.375. The van der Waals surface area contributed by atoms with Crippen molar-refractivity contribution < 1.29 is 4.79 Å². The van der Waals surface area contributed by atoms with Crippen molar-refractivity contribution >= 4 is 5.91 Å². The molecule has 2 aliphatic rings. The van der Waals surface area contributed by atoms with Crippen molar-refractivity contribution in [1.82, 2.24) is 10.2 Å². The Bertz CT molecular complexity index is 235. The predicted octanol–water partition coefficient (Wildman–Crippen LogP) is 0.997. The topological polar surface area (TPSA) is 32.3 Å². The van der Waals surface area contributed by atoms with E-state index >= 15 is 0 Å². The lowest BCUT2D eigenvalue weighted by atomic mass is 10.0. The Morgan fingerprint density at radius 2 is 2.29 bits per heavy atom. The third-order valence-electron chi connectivity index (χ3n) is 3.75. The second kappa shape index (κ2) is 3.54. The van der Waals surface area contributed by atoms with Gasteiger partial charge >= 0.3 is 0 Å². The van der Waals surface area contributed by atoms with E-state index in [-0.39, 0.29) is 5.41 Å². The maximum Gasteiger partial charge on any atom is 0.229 e. The van der Waals surface area contributed by atoms with Crippen LogP contribution in [0.15, 0.2) is 0 Å². The second-order valence-electron chi connectivity index (χ2n) is 4.69. The van der Waals surface area contributed by atoms with Crippen molar-refractivity contribution in [2.75, 3.05) is 19.6 Å². The quantitative estimate of drug-likeness (QED) is 0.714. The van der Waals surface area contributed by atoms with E-state index in [4.69, 9.17) is 0 Å². The molecule has 0 aromatic rings. The van der Waals surface area contributed by atoms with Gasteiger partial charge < -0.3 is 10.2 Å². The number of piperazine rings is 1. The average molecular weight is 196 g/mol. The molecule has 1 saturated heterocycles. The van der Waals surface area contributed by atoms with Gasteiger partial charge in [-0.3, -0.25) is 4.79 Å². The number of nitrogens with one attached hydrogen (secondary N) is 1. The number of amides is 1. The van der Waals surface area contributed by atoms with Crippen LogP contribution in [-0.2, 0) is 4.79 Å². The van der Waals surface area contributed by atoms with E-state index in [0.717, 1.165) is 38.9 Å². The molecule has 0 spiro atoms. The molecule has 1 saturated carbocycles. The molecule has 2 rings (SSSR count). The van der Waals surface area contributed by atoms with E-state index in [9.17, 15) is 4.79 Å². The van der Waals surface area contributed by atoms with Crippen molar-refractivity contribution in [2.45, 2.75) is 39.2 Å². The Kier molecular flexibility index (Phi) is 2.52. The minimum atomic E-state index is 0.0472. The minimum Gasteiger partial charge on any atom is -0.337 e. The van der Waals surface area contributed by atoms with Gasteiger partial charge in [0.25, 0.3) is 0 Å². The summed E-state index contributed by atoms with van der Waals surface area (Å²) < 4.78 is 0. The van der Waals surface area contributed by atoms with Crippen molar-refractivity contribution in [3.05, 3.63) is 0 Å².